The number of aliphatic carboxylic acids is 1. The number of carboxylic acids is 1. The van der Waals surface area contributed by atoms with Crippen LogP contribution in [0.15, 0.2) is 0 Å². The van der Waals surface area contributed by atoms with Gasteiger partial charge in [0.25, 0.3) is 0 Å². The first-order valence-corrected chi connectivity index (χ1v) is 2.95. The largest absolute Gasteiger partial charge is 1.00 e. The molecular weight excluding hydrogens is 175 g/mol. The topological polar surface area (TPSA) is 63.6 Å². The van der Waals surface area contributed by atoms with Gasteiger partial charge in [0.1, 0.15) is 0 Å². The molecule has 5 heteroatoms. The molecule has 0 aliphatic rings. The van der Waals surface area contributed by atoms with Crippen LogP contribution in [-0.2, 0) is 14.3 Å². The van der Waals surface area contributed by atoms with E-state index < -0.39 is 5.97 Å². The van der Waals surface area contributed by atoms with Crippen LogP contribution in [-0.4, -0.2) is 24.2 Å². The molecule has 0 aliphatic carbocycles. The van der Waals surface area contributed by atoms with Gasteiger partial charge in [-0.2, -0.15) is 0 Å². The van der Waals surface area contributed by atoms with E-state index in [1.807, 2.05) is 0 Å². The summed E-state index contributed by atoms with van der Waals surface area (Å²) in [7, 11) is 1.28. The van der Waals surface area contributed by atoms with E-state index in [1.165, 1.54) is 7.11 Å². The Bertz CT molecular complexity index is 140. The first-order chi connectivity index (χ1) is 4.66. The second-order valence-corrected chi connectivity index (χ2v) is 1.82. The predicted molar refractivity (Wildman–Crippen MR) is 34.6 cm³/mol. The molecule has 0 amide bonds. The second-order valence-electron chi connectivity index (χ2n) is 1.82. The van der Waals surface area contributed by atoms with Gasteiger partial charge in [-0.25, -0.2) is 0 Å². The van der Waals surface area contributed by atoms with Gasteiger partial charge >= 0.3 is 63.3 Å². The van der Waals surface area contributed by atoms with E-state index in [0.29, 0.717) is 6.42 Å². The number of carbonyl (C=O) groups is 2. The van der Waals surface area contributed by atoms with Crippen molar-refractivity contribution in [2.45, 2.75) is 19.3 Å². The smallest absolute Gasteiger partial charge is 1.00 e. The summed E-state index contributed by atoms with van der Waals surface area (Å²) in [6.45, 7) is 0. The number of ether oxygens (including phenoxy) is 1. The van der Waals surface area contributed by atoms with Gasteiger partial charge < -0.3 is 11.3 Å². The van der Waals surface area contributed by atoms with E-state index in [1.54, 1.807) is 0 Å². The SMILES string of the molecule is COC(=O)CCCC(=O)O.[H-].[K+]. The van der Waals surface area contributed by atoms with Gasteiger partial charge in [0.2, 0.25) is 0 Å². The average Bonchev–Trinajstić information content (AvgIpc) is 1.87. The van der Waals surface area contributed by atoms with E-state index in [4.69, 9.17) is 5.11 Å². The Morgan fingerprint density at radius 3 is 2.36 bits per heavy atom. The number of carboxylic acid groups (broad SMARTS) is 1. The molecule has 60 valence electrons. The zero-order valence-electron chi connectivity index (χ0n) is 7.79. The average molecular weight is 186 g/mol. The summed E-state index contributed by atoms with van der Waals surface area (Å²) >= 11 is 0. The number of methoxy groups -OCH3 is 1. The van der Waals surface area contributed by atoms with Crippen LogP contribution in [0.5, 0.6) is 0 Å². The van der Waals surface area contributed by atoms with Crippen molar-refractivity contribution in [2.75, 3.05) is 7.11 Å². The Labute approximate surface area is 109 Å². The van der Waals surface area contributed by atoms with Crippen molar-refractivity contribution >= 4 is 11.9 Å². The summed E-state index contributed by atoms with van der Waals surface area (Å²) < 4.78 is 4.30. The molecule has 0 rings (SSSR count). The van der Waals surface area contributed by atoms with Gasteiger partial charge in [0.05, 0.1) is 7.11 Å². The monoisotopic (exact) mass is 186 g/mol. The van der Waals surface area contributed by atoms with Gasteiger partial charge in [0, 0.05) is 12.8 Å². The summed E-state index contributed by atoms with van der Waals surface area (Å²) in [5.74, 6) is -1.25. The molecule has 0 aliphatic heterocycles. The second kappa shape index (κ2) is 8.67. The summed E-state index contributed by atoms with van der Waals surface area (Å²) in [6.07, 6.45) is 0.555. The number of hydrogen-bond donors (Lipinski definition) is 1. The molecule has 0 atom stereocenters. The van der Waals surface area contributed by atoms with Gasteiger partial charge in [-0.3, -0.25) is 9.59 Å². The fourth-order valence-corrected chi connectivity index (χ4v) is 0.486. The zero-order valence-corrected chi connectivity index (χ0v) is 9.92. The van der Waals surface area contributed by atoms with Gasteiger partial charge in [-0.05, 0) is 6.42 Å². The Kier molecular flexibility index (Phi) is 11.1. The fourth-order valence-electron chi connectivity index (χ4n) is 0.486. The van der Waals surface area contributed by atoms with E-state index in [0.717, 1.165) is 0 Å². The van der Waals surface area contributed by atoms with E-state index in [-0.39, 0.29) is 71.6 Å². The normalized spacial score (nSPS) is 8.09. The molecule has 0 heterocycles. The van der Waals surface area contributed by atoms with Crippen LogP contribution in [0, 0.1) is 0 Å². The van der Waals surface area contributed by atoms with Gasteiger partial charge in [-0.1, -0.05) is 0 Å². The van der Waals surface area contributed by atoms with Crippen molar-refractivity contribution in [1.82, 2.24) is 0 Å². The van der Waals surface area contributed by atoms with Crippen LogP contribution in [0.2, 0.25) is 0 Å². The molecule has 0 saturated carbocycles. The van der Waals surface area contributed by atoms with Crippen molar-refractivity contribution in [3.63, 3.8) is 0 Å². The summed E-state index contributed by atoms with van der Waals surface area (Å²) in [4.78, 5) is 20.3. The van der Waals surface area contributed by atoms with Crippen molar-refractivity contribution in [1.29, 1.82) is 0 Å². The van der Waals surface area contributed by atoms with E-state index in [2.05, 4.69) is 4.74 Å². The minimum Gasteiger partial charge on any atom is -1.00 e. The zero-order chi connectivity index (χ0) is 7.98. The molecule has 0 aromatic rings. The molecule has 4 nitrogen and oxygen atoms in total. The summed E-state index contributed by atoms with van der Waals surface area (Å²) in [5, 5.41) is 8.15. The maximum Gasteiger partial charge on any atom is 1.00 e. The molecule has 0 aromatic heterocycles. The van der Waals surface area contributed by atoms with E-state index in [9.17, 15) is 9.59 Å². The van der Waals surface area contributed by atoms with Gasteiger partial charge in [-0.15, -0.1) is 0 Å². The third-order valence-electron chi connectivity index (χ3n) is 0.999. The molecule has 11 heavy (non-hydrogen) atoms. The fraction of sp³-hybridized carbons (Fsp3) is 0.667. The minimum absolute atomic E-state index is 0. The Balaban J connectivity index is -0.000000405. The summed E-state index contributed by atoms with van der Waals surface area (Å²) in [5.41, 5.74) is 0. The Morgan fingerprint density at radius 1 is 1.45 bits per heavy atom. The van der Waals surface area contributed by atoms with Crippen molar-refractivity contribution in [3.05, 3.63) is 0 Å². The van der Waals surface area contributed by atoms with Crippen LogP contribution in [0.1, 0.15) is 20.7 Å². The van der Waals surface area contributed by atoms with Crippen molar-refractivity contribution in [3.8, 4) is 0 Å². The van der Waals surface area contributed by atoms with E-state index >= 15 is 0 Å². The quantitative estimate of drug-likeness (QED) is 0.390. The predicted octanol–water partition coefficient (Wildman–Crippen LogP) is -2.47. The number of hydrogen-bond acceptors (Lipinski definition) is 3. The first-order valence-electron chi connectivity index (χ1n) is 2.95. The molecule has 1 N–H and O–H groups in total. The number of esters is 1. The molecular formula is C6H11KO4. The molecule has 0 aromatic carbocycles. The van der Waals surface area contributed by atoms with Crippen LogP contribution < -0.4 is 51.4 Å². The number of carbonyl (C=O) groups excluding carboxylic acids is 1. The summed E-state index contributed by atoms with van der Waals surface area (Å²) in [6, 6.07) is 0. The molecule has 0 spiro atoms. The van der Waals surface area contributed by atoms with Crippen molar-refractivity contribution in [2.24, 2.45) is 0 Å². The number of rotatable bonds is 4. The van der Waals surface area contributed by atoms with Crippen LogP contribution in [0.25, 0.3) is 0 Å². The standard InChI is InChI=1S/C6H10O4.K.H/c1-10-6(9)4-2-3-5(7)8;;/h2-4H2,1H3,(H,7,8);;/q;+1;-1. The minimum atomic E-state index is -0.885. The van der Waals surface area contributed by atoms with Crippen molar-refractivity contribution < 1.29 is 72.2 Å². The Hall–Kier alpha value is 0.576. The van der Waals surface area contributed by atoms with Crippen LogP contribution >= 0.6 is 0 Å². The molecule has 0 saturated heterocycles. The third kappa shape index (κ3) is 10.6. The Morgan fingerprint density at radius 2 is 2.00 bits per heavy atom. The molecule has 0 bridgehead atoms. The first kappa shape index (κ1) is 14.1. The maximum atomic E-state index is 10.4. The molecule has 0 unspecified atom stereocenters. The maximum absolute atomic E-state index is 10.4. The van der Waals surface area contributed by atoms with Crippen LogP contribution in [0.3, 0.4) is 0 Å². The molecule has 0 fully saturated rings. The molecule has 0 radical (unpaired) electrons. The third-order valence-corrected chi connectivity index (χ3v) is 0.999. The van der Waals surface area contributed by atoms with Gasteiger partial charge in [0.15, 0.2) is 0 Å². The van der Waals surface area contributed by atoms with Crippen LogP contribution in [0.4, 0.5) is 0 Å².